The number of morpholine rings is 1. The van der Waals surface area contributed by atoms with E-state index in [0.29, 0.717) is 35.6 Å². The number of halogens is 1. The van der Waals surface area contributed by atoms with Crippen molar-refractivity contribution in [3.63, 3.8) is 0 Å². The Morgan fingerprint density at radius 1 is 1.48 bits per heavy atom. The molecule has 1 aromatic heterocycles. The number of nitrogens with zero attached hydrogens (tertiary/aromatic N) is 2. The maximum absolute atomic E-state index is 5.93. The largest absolute Gasteiger partial charge is 0.481 e. The van der Waals surface area contributed by atoms with Crippen LogP contribution >= 0.6 is 11.6 Å². The van der Waals surface area contributed by atoms with Crippen molar-refractivity contribution in [1.82, 2.24) is 15.5 Å². The van der Waals surface area contributed by atoms with Gasteiger partial charge in [0.2, 0.25) is 5.82 Å². The average Bonchev–Trinajstić information content (AvgIpc) is 2.98. The van der Waals surface area contributed by atoms with Crippen LogP contribution in [0.25, 0.3) is 0 Å². The van der Waals surface area contributed by atoms with Gasteiger partial charge in [0.25, 0.3) is 5.89 Å². The molecular formula is C14H16ClN3O3. The summed E-state index contributed by atoms with van der Waals surface area (Å²) in [5, 5.41) is 7.81. The molecule has 0 amide bonds. The van der Waals surface area contributed by atoms with E-state index in [9.17, 15) is 0 Å². The van der Waals surface area contributed by atoms with E-state index in [1.807, 2.05) is 19.1 Å². The van der Waals surface area contributed by atoms with Gasteiger partial charge in [0.15, 0.2) is 6.10 Å². The molecule has 1 aliphatic rings. The van der Waals surface area contributed by atoms with Crippen molar-refractivity contribution < 1.29 is 14.0 Å². The molecule has 0 bridgehead atoms. The molecule has 2 aromatic rings. The van der Waals surface area contributed by atoms with E-state index in [0.717, 1.165) is 6.54 Å². The van der Waals surface area contributed by atoms with Crippen molar-refractivity contribution in [3.8, 4) is 5.75 Å². The molecule has 1 N–H and O–H groups in total. The Bertz CT molecular complexity index is 599. The molecule has 2 unspecified atom stereocenters. The van der Waals surface area contributed by atoms with Gasteiger partial charge in [-0.25, -0.2) is 0 Å². The number of hydrogen-bond donors (Lipinski definition) is 1. The van der Waals surface area contributed by atoms with Crippen molar-refractivity contribution >= 4 is 11.6 Å². The van der Waals surface area contributed by atoms with E-state index < -0.39 is 0 Å². The van der Waals surface area contributed by atoms with Gasteiger partial charge in [-0.2, -0.15) is 4.98 Å². The maximum atomic E-state index is 5.93. The van der Waals surface area contributed by atoms with Crippen LogP contribution in [0, 0.1) is 0 Å². The Morgan fingerprint density at radius 3 is 3.14 bits per heavy atom. The zero-order valence-electron chi connectivity index (χ0n) is 11.6. The first-order chi connectivity index (χ1) is 10.2. The molecule has 0 spiro atoms. The molecule has 112 valence electrons. The lowest BCUT2D eigenvalue weighted by Crippen LogP contribution is -2.33. The SMILES string of the molecule is CC(Oc1cccc(Cl)c1)c1nc(C2CNCCO2)no1. The van der Waals surface area contributed by atoms with Crippen molar-refractivity contribution in [2.24, 2.45) is 0 Å². The van der Waals surface area contributed by atoms with Crippen molar-refractivity contribution in [2.45, 2.75) is 19.1 Å². The van der Waals surface area contributed by atoms with Gasteiger partial charge in [0, 0.05) is 18.1 Å². The van der Waals surface area contributed by atoms with E-state index in [1.54, 1.807) is 12.1 Å². The summed E-state index contributed by atoms with van der Waals surface area (Å²) >= 11 is 5.93. The lowest BCUT2D eigenvalue weighted by atomic mass is 10.3. The van der Waals surface area contributed by atoms with Crippen LogP contribution in [0.3, 0.4) is 0 Å². The van der Waals surface area contributed by atoms with Crippen LogP contribution in [0.2, 0.25) is 5.02 Å². The second-order valence-electron chi connectivity index (χ2n) is 4.77. The van der Waals surface area contributed by atoms with E-state index in [1.165, 1.54) is 0 Å². The number of nitrogens with one attached hydrogen (secondary N) is 1. The quantitative estimate of drug-likeness (QED) is 0.936. The fourth-order valence-corrected chi connectivity index (χ4v) is 2.25. The maximum Gasteiger partial charge on any atom is 0.267 e. The van der Waals surface area contributed by atoms with Gasteiger partial charge in [-0.1, -0.05) is 22.8 Å². The van der Waals surface area contributed by atoms with Crippen molar-refractivity contribution in [3.05, 3.63) is 41.0 Å². The highest BCUT2D eigenvalue weighted by Crippen LogP contribution is 2.24. The summed E-state index contributed by atoms with van der Waals surface area (Å²) in [7, 11) is 0. The molecule has 2 heterocycles. The number of rotatable bonds is 4. The monoisotopic (exact) mass is 309 g/mol. The summed E-state index contributed by atoms with van der Waals surface area (Å²) in [5.41, 5.74) is 0. The Kier molecular flexibility index (Phi) is 4.38. The summed E-state index contributed by atoms with van der Waals surface area (Å²) in [5.74, 6) is 1.61. The van der Waals surface area contributed by atoms with Crippen LogP contribution in [-0.2, 0) is 4.74 Å². The minimum atomic E-state index is -0.360. The molecule has 6 nitrogen and oxygen atoms in total. The molecule has 1 fully saturated rings. The Labute approximate surface area is 127 Å². The van der Waals surface area contributed by atoms with Gasteiger partial charge < -0.3 is 19.3 Å². The minimum absolute atomic E-state index is 0.172. The molecule has 21 heavy (non-hydrogen) atoms. The normalized spacial score (nSPS) is 20.2. The number of hydrogen-bond acceptors (Lipinski definition) is 6. The molecule has 1 aromatic carbocycles. The molecule has 0 saturated carbocycles. The molecule has 1 saturated heterocycles. The molecule has 1 aliphatic heterocycles. The second kappa shape index (κ2) is 6.43. The van der Waals surface area contributed by atoms with Crippen molar-refractivity contribution in [1.29, 1.82) is 0 Å². The topological polar surface area (TPSA) is 69.4 Å². The van der Waals surface area contributed by atoms with Crippen LogP contribution < -0.4 is 10.1 Å². The fraction of sp³-hybridized carbons (Fsp3) is 0.429. The predicted molar refractivity (Wildman–Crippen MR) is 76.4 cm³/mol. The lowest BCUT2D eigenvalue weighted by Gasteiger charge is -2.20. The second-order valence-corrected chi connectivity index (χ2v) is 5.21. The van der Waals surface area contributed by atoms with Crippen LogP contribution in [0.1, 0.15) is 30.8 Å². The standard InChI is InChI=1S/C14H16ClN3O3/c1-9(20-11-4-2-3-10(15)7-11)14-17-13(18-21-14)12-8-16-5-6-19-12/h2-4,7,9,12,16H,5-6,8H2,1H3. The van der Waals surface area contributed by atoms with Crippen LogP contribution in [0.15, 0.2) is 28.8 Å². The third-order valence-electron chi connectivity index (χ3n) is 3.13. The van der Waals surface area contributed by atoms with Crippen molar-refractivity contribution in [2.75, 3.05) is 19.7 Å². The fourth-order valence-electron chi connectivity index (χ4n) is 2.07. The molecule has 0 radical (unpaired) electrons. The predicted octanol–water partition coefficient (Wildman–Crippen LogP) is 2.52. The number of aromatic nitrogens is 2. The van der Waals surface area contributed by atoms with Gasteiger partial charge in [-0.15, -0.1) is 0 Å². The van der Waals surface area contributed by atoms with E-state index >= 15 is 0 Å². The Hall–Kier alpha value is -1.63. The third-order valence-corrected chi connectivity index (χ3v) is 3.36. The van der Waals surface area contributed by atoms with Crippen LogP contribution in [0.5, 0.6) is 5.75 Å². The summed E-state index contributed by atoms with van der Waals surface area (Å²) in [6, 6.07) is 7.18. The first-order valence-corrected chi connectivity index (χ1v) is 7.18. The molecule has 7 heteroatoms. The van der Waals surface area contributed by atoms with Gasteiger partial charge >= 0.3 is 0 Å². The summed E-state index contributed by atoms with van der Waals surface area (Å²) in [4.78, 5) is 4.35. The third kappa shape index (κ3) is 3.53. The zero-order valence-corrected chi connectivity index (χ0v) is 12.3. The van der Waals surface area contributed by atoms with E-state index in [4.69, 9.17) is 25.6 Å². The average molecular weight is 310 g/mol. The first-order valence-electron chi connectivity index (χ1n) is 6.80. The molecular weight excluding hydrogens is 294 g/mol. The zero-order chi connectivity index (χ0) is 14.7. The molecule has 0 aliphatic carbocycles. The van der Waals surface area contributed by atoms with Gasteiger partial charge in [-0.05, 0) is 25.1 Å². The first kappa shape index (κ1) is 14.3. The highest BCUT2D eigenvalue weighted by molar-refractivity contribution is 6.30. The van der Waals surface area contributed by atoms with E-state index in [-0.39, 0.29) is 12.2 Å². The smallest absolute Gasteiger partial charge is 0.267 e. The highest BCUT2D eigenvalue weighted by atomic mass is 35.5. The molecule has 2 atom stereocenters. The summed E-state index contributed by atoms with van der Waals surface area (Å²) in [6.07, 6.45) is -0.532. The lowest BCUT2D eigenvalue weighted by molar-refractivity contribution is 0.0208. The van der Waals surface area contributed by atoms with E-state index in [2.05, 4.69) is 15.5 Å². The summed E-state index contributed by atoms with van der Waals surface area (Å²) in [6.45, 7) is 4.01. The van der Waals surface area contributed by atoms with Gasteiger partial charge in [0.05, 0.1) is 6.61 Å². The van der Waals surface area contributed by atoms with Crippen LogP contribution in [-0.4, -0.2) is 29.8 Å². The Morgan fingerprint density at radius 2 is 2.38 bits per heavy atom. The summed E-state index contributed by atoms with van der Waals surface area (Å²) < 4.78 is 16.6. The Balaban J connectivity index is 1.67. The van der Waals surface area contributed by atoms with Gasteiger partial charge in [0.1, 0.15) is 11.9 Å². The number of ether oxygens (including phenoxy) is 2. The number of benzene rings is 1. The minimum Gasteiger partial charge on any atom is -0.481 e. The highest BCUT2D eigenvalue weighted by Gasteiger charge is 2.24. The van der Waals surface area contributed by atoms with Gasteiger partial charge in [-0.3, -0.25) is 0 Å². The van der Waals surface area contributed by atoms with Crippen LogP contribution in [0.4, 0.5) is 0 Å². The molecule has 3 rings (SSSR count).